The summed E-state index contributed by atoms with van der Waals surface area (Å²) < 4.78 is 15.1. The molecule has 0 unspecified atom stereocenters. The normalized spacial score (nSPS) is 18.1. The number of nitrogens with zero attached hydrogens (tertiary/aromatic N) is 5. The predicted molar refractivity (Wildman–Crippen MR) is 139 cm³/mol. The highest BCUT2D eigenvalue weighted by atomic mass is 19.1. The Morgan fingerprint density at radius 1 is 1.03 bits per heavy atom. The Balaban J connectivity index is 1.42. The minimum atomic E-state index is -1.33. The molecule has 1 aromatic heterocycles. The topological polar surface area (TPSA) is 110 Å². The smallest absolute Gasteiger partial charge is 0.332 e. The summed E-state index contributed by atoms with van der Waals surface area (Å²) in [5, 5.41) is 7.78. The summed E-state index contributed by atoms with van der Waals surface area (Å²) in [5.41, 5.74) is -0.675. The van der Waals surface area contributed by atoms with Crippen molar-refractivity contribution in [3.8, 4) is 0 Å². The van der Waals surface area contributed by atoms with Crippen molar-refractivity contribution in [3.63, 3.8) is 0 Å². The van der Waals surface area contributed by atoms with Gasteiger partial charge in [-0.05, 0) is 44.7 Å². The number of H-pyrrole nitrogens is 1. The summed E-state index contributed by atoms with van der Waals surface area (Å²) >= 11 is 0. The Kier molecular flexibility index (Phi) is 6.47. The fourth-order valence-electron chi connectivity index (χ4n) is 4.94. The molecule has 0 saturated carbocycles. The molecule has 2 aromatic carbocycles. The number of carbonyl (C=O) groups excluding carboxylic acids is 3. The Hall–Kier alpha value is -4.12. The van der Waals surface area contributed by atoms with E-state index in [0.717, 1.165) is 18.0 Å². The summed E-state index contributed by atoms with van der Waals surface area (Å²) in [4.78, 5) is 57.8. The van der Waals surface area contributed by atoms with Crippen LogP contribution in [0.5, 0.6) is 0 Å². The number of amides is 4. The lowest BCUT2D eigenvalue weighted by molar-refractivity contribution is -0.135. The quantitative estimate of drug-likeness (QED) is 0.516. The number of nitrogens with one attached hydrogen (secondary N) is 1. The number of imide groups is 1. The number of hydrogen-bond acceptors (Lipinski definition) is 6. The molecule has 2 aliphatic heterocycles. The number of halogens is 1. The zero-order valence-corrected chi connectivity index (χ0v) is 21.5. The van der Waals surface area contributed by atoms with Crippen LogP contribution in [-0.4, -0.2) is 88.1 Å². The predicted octanol–water partition coefficient (Wildman–Crippen LogP) is 1.97. The molecule has 0 spiro atoms. The lowest BCUT2D eigenvalue weighted by Gasteiger charge is -2.35. The Labute approximate surface area is 218 Å². The zero-order chi connectivity index (χ0) is 27.2. The molecule has 38 heavy (non-hydrogen) atoms. The second-order valence-electron chi connectivity index (χ2n) is 10.3. The molecule has 0 bridgehead atoms. The molecule has 0 atom stereocenters. The second kappa shape index (κ2) is 9.64. The van der Waals surface area contributed by atoms with Crippen LogP contribution in [0.2, 0.25) is 0 Å². The molecule has 3 heterocycles. The number of rotatable bonds is 5. The number of urea groups is 1. The Bertz CT molecular complexity index is 1490. The van der Waals surface area contributed by atoms with Crippen LogP contribution >= 0.6 is 0 Å². The van der Waals surface area contributed by atoms with Crippen molar-refractivity contribution in [1.82, 2.24) is 24.9 Å². The molecule has 2 saturated heterocycles. The van der Waals surface area contributed by atoms with Gasteiger partial charge in [0.15, 0.2) is 0 Å². The number of carbonyl (C=O) groups is 3. The van der Waals surface area contributed by atoms with Crippen molar-refractivity contribution in [2.75, 3.05) is 44.7 Å². The standard InChI is InChI=1S/C27H29FN6O4/c1-27(2)25(37)34(26(38)33(27)16-23(35)32-12-10-31(3)11-13-32)22-15-17(8-9-20(22)28)14-21-18-6-4-5-7-19(18)24(36)30-29-21/h4-9,15H,10-14,16H2,1-3H3,(H,30,36). The highest BCUT2D eigenvalue weighted by molar-refractivity contribution is 6.23. The van der Waals surface area contributed by atoms with Crippen LogP contribution in [0, 0.1) is 5.82 Å². The number of benzene rings is 2. The van der Waals surface area contributed by atoms with E-state index in [1.54, 1.807) is 49.1 Å². The van der Waals surface area contributed by atoms with Gasteiger partial charge in [0.2, 0.25) is 5.91 Å². The van der Waals surface area contributed by atoms with Crippen LogP contribution in [0.15, 0.2) is 47.3 Å². The van der Waals surface area contributed by atoms with Crippen LogP contribution in [0.1, 0.15) is 25.1 Å². The van der Waals surface area contributed by atoms with Crippen molar-refractivity contribution >= 4 is 34.3 Å². The number of aromatic nitrogens is 2. The molecule has 0 aliphatic carbocycles. The van der Waals surface area contributed by atoms with Gasteiger partial charge in [0.05, 0.1) is 16.8 Å². The SMILES string of the molecule is CN1CCN(C(=O)CN2C(=O)N(c3cc(Cc4n[nH]c(=O)c5ccccc45)ccc3F)C(=O)C2(C)C)CC1. The lowest BCUT2D eigenvalue weighted by Crippen LogP contribution is -2.53. The largest absolute Gasteiger partial charge is 0.339 e. The monoisotopic (exact) mass is 520 g/mol. The molecule has 3 aromatic rings. The third kappa shape index (κ3) is 4.43. The van der Waals surface area contributed by atoms with E-state index in [2.05, 4.69) is 15.1 Å². The number of hydrogen-bond donors (Lipinski definition) is 1. The number of piperazine rings is 1. The van der Waals surface area contributed by atoms with Crippen molar-refractivity contribution < 1.29 is 18.8 Å². The van der Waals surface area contributed by atoms with E-state index in [1.165, 1.54) is 17.0 Å². The van der Waals surface area contributed by atoms with Crippen LogP contribution in [0.25, 0.3) is 10.8 Å². The maximum Gasteiger partial charge on any atom is 0.332 e. The maximum absolute atomic E-state index is 15.1. The van der Waals surface area contributed by atoms with Gasteiger partial charge in [-0.25, -0.2) is 19.2 Å². The number of fused-ring (bicyclic) bond motifs is 1. The molecule has 10 nitrogen and oxygen atoms in total. The van der Waals surface area contributed by atoms with E-state index >= 15 is 4.39 Å². The molecule has 5 rings (SSSR count). The van der Waals surface area contributed by atoms with Gasteiger partial charge in [0.1, 0.15) is 17.9 Å². The Morgan fingerprint density at radius 3 is 2.42 bits per heavy atom. The van der Waals surface area contributed by atoms with E-state index in [1.807, 2.05) is 7.05 Å². The fraction of sp³-hybridized carbons (Fsp3) is 0.370. The minimum Gasteiger partial charge on any atom is -0.339 e. The van der Waals surface area contributed by atoms with Crippen LogP contribution in [0.3, 0.4) is 0 Å². The molecule has 2 aliphatic rings. The van der Waals surface area contributed by atoms with E-state index in [-0.39, 0.29) is 30.1 Å². The van der Waals surface area contributed by atoms with Crippen LogP contribution in [0.4, 0.5) is 14.9 Å². The minimum absolute atomic E-state index is 0.186. The van der Waals surface area contributed by atoms with Gasteiger partial charge in [-0.3, -0.25) is 14.4 Å². The average Bonchev–Trinajstić information content (AvgIpc) is 3.06. The van der Waals surface area contributed by atoms with Gasteiger partial charge < -0.3 is 14.7 Å². The summed E-state index contributed by atoms with van der Waals surface area (Å²) in [6.07, 6.45) is 0.232. The highest BCUT2D eigenvalue weighted by Crippen LogP contribution is 2.34. The van der Waals surface area contributed by atoms with Gasteiger partial charge in [-0.2, -0.15) is 5.10 Å². The number of anilines is 1. The highest BCUT2D eigenvalue weighted by Gasteiger charge is 2.53. The second-order valence-corrected chi connectivity index (χ2v) is 10.3. The summed E-state index contributed by atoms with van der Waals surface area (Å²) in [5.74, 6) is -1.60. The van der Waals surface area contributed by atoms with E-state index in [4.69, 9.17) is 0 Å². The molecular weight excluding hydrogens is 491 g/mol. The lowest BCUT2D eigenvalue weighted by atomic mass is 10.0. The summed E-state index contributed by atoms with van der Waals surface area (Å²) in [7, 11) is 1.98. The van der Waals surface area contributed by atoms with Gasteiger partial charge in [-0.1, -0.05) is 24.3 Å². The molecule has 198 valence electrons. The van der Waals surface area contributed by atoms with Gasteiger partial charge in [0, 0.05) is 38.0 Å². The van der Waals surface area contributed by atoms with Crippen molar-refractivity contribution in [2.45, 2.75) is 25.8 Å². The molecule has 1 N–H and O–H groups in total. The maximum atomic E-state index is 15.1. The van der Waals surface area contributed by atoms with Crippen LogP contribution < -0.4 is 10.5 Å². The first-order valence-electron chi connectivity index (χ1n) is 12.4. The molecule has 0 radical (unpaired) electrons. The van der Waals surface area contributed by atoms with Gasteiger partial charge in [-0.15, -0.1) is 0 Å². The third-order valence-electron chi connectivity index (χ3n) is 7.37. The average molecular weight is 521 g/mol. The number of aromatic amines is 1. The number of likely N-dealkylation sites (N-methyl/N-ethyl adjacent to an activating group) is 1. The van der Waals surface area contributed by atoms with E-state index < -0.39 is 23.3 Å². The Morgan fingerprint density at radius 2 is 1.71 bits per heavy atom. The first-order chi connectivity index (χ1) is 18.1. The van der Waals surface area contributed by atoms with Crippen molar-refractivity contribution in [2.24, 2.45) is 0 Å². The molecular formula is C27H29FN6O4. The van der Waals surface area contributed by atoms with Gasteiger partial charge in [0.25, 0.3) is 11.5 Å². The third-order valence-corrected chi connectivity index (χ3v) is 7.37. The molecule has 2 fully saturated rings. The van der Waals surface area contributed by atoms with Gasteiger partial charge >= 0.3 is 6.03 Å². The summed E-state index contributed by atoms with van der Waals surface area (Å²) in [6, 6.07) is 10.5. The molecule has 4 amide bonds. The van der Waals surface area contributed by atoms with E-state index in [9.17, 15) is 19.2 Å². The first kappa shape index (κ1) is 25.5. The zero-order valence-electron chi connectivity index (χ0n) is 21.5. The van der Waals surface area contributed by atoms with Crippen LogP contribution in [-0.2, 0) is 16.0 Å². The van der Waals surface area contributed by atoms with Crippen molar-refractivity contribution in [1.29, 1.82) is 0 Å². The molecule has 11 heteroatoms. The van der Waals surface area contributed by atoms with E-state index in [0.29, 0.717) is 35.1 Å². The summed E-state index contributed by atoms with van der Waals surface area (Å²) in [6.45, 7) is 5.38. The van der Waals surface area contributed by atoms with Crippen molar-refractivity contribution in [3.05, 3.63) is 69.9 Å². The first-order valence-corrected chi connectivity index (χ1v) is 12.4. The fourth-order valence-corrected chi connectivity index (χ4v) is 4.94.